The van der Waals surface area contributed by atoms with Gasteiger partial charge in [0.05, 0.1) is 19.6 Å². The van der Waals surface area contributed by atoms with Crippen LogP contribution in [0.3, 0.4) is 0 Å². The number of hydrogen-bond acceptors (Lipinski definition) is 3. The van der Waals surface area contributed by atoms with Crippen LogP contribution in [0.5, 0.6) is 0 Å². The zero-order chi connectivity index (χ0) is 15.0. The van der Waals surface area contributed by atoms with Gasteiger partial charge in [-0.25, -0.2) is 4.39 Å². The Morgan fingerprint density at radius 1 is 1.10 bits per heavy atom. The summed E-state index contributed by atoms with van der Waals surface area (Å²) in [5.74, 6) is -0.246. The molecule has 112 valence electrons. The van der Waals surface area contributed by atoms with Crippen molar-refractivity contribution in [2.45, 2.75) is 45.9 Å². The summed E-state index contributed by atoms with van der Waals surface area (Å²) >= 11 is 0. The maximum Gasteiger partial charge on any atom is 0.308 e. The highest BCUT2D eigenvalue weighted by molar-refractivity contribution is 5.69. The van der Waals surface area contributed by atoms with Crippen molar-refractivity contribution < 1.29 is 18.7 Å². The maximum atomic E-state index is 12.3. The average molecular weight is 282 g/mol. The second-order valence-electron chi connectivity index (χ2n) is 5.65. The van der Waals surface area contributed by atoms with E-state index in [9.17, 15) is 9.18 Å². The number of rotatable bonds is 7. The van der Waals surface area contributed by atoms with Crippen molar-refractivity contribution in [3.8, 4) is 0 Å². The molecule has 20 heavy (non-hydrogen) atoms. The van der Waals surface area contributed by atoms with Crippen molar-refractivity contribution in [3.05, 3.63) is 35.4 Å². The third-order valence-corrected chi connectivity index (χ3v) is 2.58. The Morgan fingerprint density at radius 3 is 2.25 bits per heavy atom. The second-order valence-corrected chi connectivity index (χ2v) is 5.65. The lowest BCUT2D eigenvalue weighted by Crippen LogP contribution is -2.24. The molecule has 0 amide bonds. The van der Waals surface area contributed by atoms with Gasteiger partial charge in [-0.1, -0.05) is 24.3 Å². The summed E-state index contributed by atoms with van der Waals surface area (Å²) in [5.41, 5.74) is 1.33. The molecule has 3 nitrogen and oxygen atoms in total. The lowest BCUT2D eigenvalue weighted by Gasteiger charge is -2.19. The van der Waals surface area contributed by atoms with Crippen molar-refractivity contribution in [3.63, 3.8) is 0 Å². The number of benzene rings is 1. The molecule has 0 heterocycles. The molecule has 0 radical (unpaired) electrons. The Morgan fingerprint density at radius 2 is 1.70 bits per heavy atom. The number of carbonyl (C=O) groups excluding carboxylic acids is 1. The molecule has 0 N–H and O–H groups in total. The molecular weight excluding hydrogens is 259 g/mol. The second kappa shape index (κ2) is 8.00. The molecule has 0 bridgehead atoms. The van der Waals surface area contributed by atoms with Gasteiger partial charge in [0.25, 0.3) is 0 Å². The van der Waals surface area contributed by atoms with Crippen LogP contribution in [-0.2, 0) is 27.4 Å². The highest BCUT2D eigenvalue weighted by Crippen LogP contribution is 2.09. The molecule has 0 aliphatic carbocycles. The summed E-state index contributed by atoms with van der Waals surface area (Å²) < 4.78 is 22.9. The van der Waals surface area contributed by atoms with E-state index in [1.807, 2.05) is 32.9 Å². The monoisotopic (exact) mass is 282 g/mol. The molecule has 4 heteroatoms. The molecule has 0 aliphatic heterocycles. The van der Waals surface area contributed by atoms with E-state index in [2.05, 4.69) is 0 Å². The highest BCUT2D eigenvalue weighted by atomic mass is 19.1. The van der Waals surface area contributed by atoms with E-state index in [-0.39, 0.29) is 12.4 Å². The van der Waals surface area contributed by atoms with Crippen molar-refractivity contribution in [1.82, 2.24) is 0 Å². The first kappa shape index (κ1) is 16.6. The fraction of sp³-hybridized carbons (Fsp3) is 0.562. The Balaban J connectivity index is 2.14. The van der Waals surface area contributed by atoms with Crippen LogP contribution in [0.1, 0.15) is 38.3 Å². The number of halogens is 1. The van der Waals surface area contributed by atoms with Gasteiger partial charge in [0, 0.05) is 0 Å². The van der Waals surface area contributed by atoms with Crippen LogP contribution in [0.15, 0.2) is 24.3 Å². The Labute approximate surface area is 120 Å². The predicted octanol–water partition coefficient (Wildman–Crippen LogP) is 3.45. The molecule has 0 unspecified atom stereocenters. The van der Waals surface area contributed by atoms with E-state index < -0.39 is 12.3 Å². The van der Waals surface area contributed by atoms with Crippen molar-refractivity contribution in [1.29, 1.82) is 0 Å². The number of alkyl halides is 1. The fourth-order valence-corrected chi connectivity index (χ4v) is 1.64. The van der Waals surface area contributed by atoms with Gasteiger partial charge < -0.3 is 9.47 Å². The van der Waals surface area contributed by atoms with Gasteiger partial charge in [-0.2, -0.15) is 0 Å². The molecule has 1 aromatic rings. The molecule has 1 rings (SSSR count). The maximum absolute atomic E-state index is 12.3. The third-order valence-electron chi connectivity index (χ3n) is 2.58. The molecule has 0 aliphatic rings. The van der Waals surface area contributed by atoms with Crippen LogP contribution < -0.4 is 0 Å². The lowest BCUT2D eigenvalue weighted by atomic mass is 10.1. The van der Waals surface area contributed by atoms with Gasteiger partial charge >= 0.3 is 5.97 Å². The van der Waals surface area contributed by atoms with E-state index in [1.54, 1.807) is 12.1 Å². The molecule has 0 atom stereocenters. The van der Waals surface area contributed by atoms with Crippen LogP contribution in [-0.4, -0.2) is 24.8 Å². The van der Waals surface area contributed by atoms with Gasteiger partial charge in [0.2, 0.25) is 0 Å². The van der Waals surface area contributed by atoms with Gasteiger partial charge in [0.1, 0.15) is 12.3 Å². The minimum atomic E-state index is -0.449. The summed E-state index contributed by atoms with van der Waals surface area (Å²) in [6.45, 7) is 5.98. The number of ether oxygens (including phenoxy) is 2. The van der Waals surface area contributed by atoms with Crippen LogP contribution in [0.25, 0.3) is 0 Å². The zero-order valence-corrected chi connectivity index (χ0v) is 12.4. The third kappa shape index (κ3) is 7.24. The van der Waals surface area contributed by atoms with Crippen molar-refractivity contribution in [2.75, 3.05) is 13.2 Å². The fourth-order valence-electron chi connectivity index (χ4n) is 1.64. The van der Waals surface area contributed by atoms with Gasteiger partial charge in [-0.15, -0.1) is 0 Å². The Hall–Kier alpha value is -1.42. The van der Waals surface area contributed by atoms with Crippen LogP contribution in [0.4, 0.5) is 4.39 Å². The molecule has 0 saturated heterocycles. The topological polar surface area (TPSA) is 35.5 Å². The standard InChI is InChI=1S/C16H23FO3/c1-16(2,3)20-15(18)9-11-19-10-8-13-4-6-14(12-17)7-5-13/h4-7H,8-12H2,1-3H3. The summed E-state index contributed by atoms with van der Waals surface area (Å²) in [7, 11) is 0. The van der Waals surface area contributed by atoms with E-state index in [1.165, 1.54) is 0 Å². The minimum absolute atomic E-state index is 0.246. The Kier molecular flexibility index (Phi) is 6.65. The molecule has 0 aromatic heterocycles. The van der Waals surface area contributed by atoms with Gasteiger partial charge in [-0.3, -0.25) is 4.79 Å². The first-order chi connectivity index (χ1) is 9.40. The smallest absolute Gasteiger partial charge is 0.308 e. The SMILES string of the molecule is CC(C)(C)OC(=O)CCOCCc1ccc(CF)cc1. The molecular formula is C16H23FO3. The first-order valence-corrected chi connectivity index (χ1v) is 6.84. The highest BCUT2D eigenvalue weighted by Gasteiger charge is 2.15. The molecule has 0 saturated carbocycles. The zero-order valence-electron chi connectivity index (χ0n) is 12.4. The summed E-state index contributed by atoms with van der Waals surface area (Å²) in [6.07, 6.45) is 1.01. The summed E-state index contributed by atoms with van der Waals surface area (Å²) in [5, 5.41) is 0. The quantitative estimate of drug-likeness (QED) is 0.567. The largest absolute Gasteiger partial charge is 0.460 e. The molecule has 1 aromatic carbocycles. The number of hydrogen-bond donors (Lipinski definition) is 0. The normalized spacial score (nSPS) is 11.4. The van der Waals surface area contributed by atoms with Crippen LogP contribution in [0, 0.1) is 0 Å². The van der Waals surface area contributed by atoms with Gasteiger partial charge in [-0.05, 0) is 38.3 Å². The van der Waals surface area contributed by atoms with Crippen LogP contribution >= 0.6 is 0 Å². The first-order valence-electron chi connectivity index (χ1n) is 6.84. The predicted molar refractivity (Wildman–Crippen MR) is 76.2 cm³/mol. The van der Waals surface area contributed by atoms with Gasteiger partial charge in [0.15, 0.2) is 0 Å². The van der Waals surface area contributed by atoms with Crippen LogP contribution in [0.2, 0.25) is 0 Å². The number of esters is 1. The van der Waals surface area contributed by atoms with Crippen molar-refractivity contribution in [2.24, 2.45) is 0 Å². The number of carbonyl (C=O) groups is 1. The molecule has 0 fully saturated rings. The summed E-state index contributed by atoms with van der Waals surface area (Å²) in [6, 6.07) is 7.34. The van der Waals surface area contributed by atoms with E-state index in [0.717, 1.165) is 12.0 Å². The van der Waals surface area contributed by atoms with E-state index in [0.29, 0.717) is 18.8 Å². The van der Waals surface area contributed by atoms with E-state index >= 15 is 0 Å². The lowest BCUT2D eigenvalue weighted by molar-refractivity contribution is -0.156. The Bertz CT molecular complexity index is 407. The van der Waals surface area contributed by atoms with E-state index in [4.69, 9.17) is 9.47 Å². The van der Waals surface area contributed by atoms with Crippen molar-refractivity contribution >= 4 is 5.97 Å². The average Bonchev–Trinajstić information content (AvgIpc) is 2.37. The minimum Gasteiger partial charge on any atom is -0.460 e. The molecule has 0 spiro atoms. The summed E-state index contributed by atoms with van der Waals surface area (Å²) in [4.78, 5) is 11.4.